The van der Waals surface area contributed by atoms with Gasteiger partial charge >= 0.3 is 0 Å². The van der Waals surface area contributed by atoms with Crippen LogP contribution >= 0.6 is 17.0 Å². The summed E-state index contributed by atoms with van der Waals surface area (Å²) in [6, 6.07) is 24.1. The molecule has 0 aliphatic heterocycles. The Kier molecular flexibility index (Phi) is 5.77. The van der Waals surface area contributed by atoms with Gasteiger partial charge in [-0.2, -0.15) is 0 Å². The van der Waals surface area contributed by atoms with Gasteiger partial charge in [-0.15, -0.1) is 17.0 Å². The molecule has 3 aromatic carbocycles. The van der Waals surface area contributed by atoms with E-state index in [4.69, 9.17) is 0 Å². The van der Waals surface area contributed by atoms with E-state index in [2.05, 4.69) is 36.2 Å². The van der Waals surface area contributed by atoms with Crippen molar-refractivity contribution in [1.29, 1.82) is 0 Å². The number of halogens is 1. The fraction of sp³-hybridized carbons (Fsp3) is 0.0870. The van der Waals surface area contributed by atoms with Gasteiger partial charge in [0.1, 0.15) is 0 Å². The van der Waals surface area contributed by atoms with E-state index in [1.54, 1.807) is 6.33 Å². The van der Waals surface area contributed by atoms with Crippen LogP contribution in [-0.4, -0.2) is 10.8 Å². The third-order valence-electron chi connectivity index (χ3n) is 4.51. The molecule has 4 heteroatoms. The number of aryl methyl sites for hydroxylation is 1. The number of rotatable bonds is 4. The Morgan fingerprint density at radius 1 is 0.926 bits per heavy atom. The highest BCUT2D eigenvalue weighted by Gasteiger charge is 2.12. The van der Waals surface area contributed by atoms with Crippen molar-refractivity contribution in [2.45, 2.75) is 13.5 Å². The molecule has 4 rings (SSSR count). The molecule has 0 aliphatic rings. The standard InChI is InChI=1S/C23H19N2O.BrH/c1-17-6-8-19(9-7-17)22-12-13-25(16-24-22)15-23(26)21-11-10-18-4-2-3-5-20(18)14-21;/h2-14,16H,15H2,1H3;1H/q+1;. The van der Waals surface area contributed by atoms with Gasteiger partial charge < -0.3 is 0 Å². The Morgan fingerprint density at radius 3 is 2.37 bits per heavy atom. The second-order valence-electron chi connectivity index (χ2n) is 6.47. The predicted octanol–water partition coefficient (Wildman–Crippen LogP) is 4.96. The van der Waals surface area contributed by atoms with E-state index >= 15 is 0 Å². The van der Waals surface area contributed by atoms with Crippen molar-refractivity contribution in [3.8, 4) is 11.3 Å². The lowest BCUT2D eigenvalue weighted by atomic mass is 10.0. The Morgan fingerprint density at radius 2 is 1.67 bits per heavy atom. The van der Waals surface area contributed by atoms with Crippen molar-refractivity contribution in [2.75, 3.05) is 0 Å². The normalized spacial score (nSPS) is 10.4. The molecular weight excluding hydrogens is 400 g/mol. The van der Waals surface area contributed by atoms with E-state index in [1.165, 1.54) is 5.56 Å². The molecule has 134 valence electrons. The van der Waals surface area contributed by atoms with E-state index < -0.39 is 0 Å². The molecule has 0 bridgehead atoms. The molecule has 0 radical (unpaired) electrons. The summed E-state index contributed by atoms with van der Waals surface area (Å²) in [6.45, 7) is 2.34. The lowest BCUT2D eigenvalue weighted by Gasteiger charge is -2.03. The number of carbonyl (C=O) groups excluding carboxylic acids is 1. The first-order valence-electron chi connectivity index (χ1n) is 8.63. The number of aromatic nitrogens is 2. The predicted molar refractivity (Wildman–Crippen MR) is 113 cm³/mol. The van der Waals surface area contributed by atoms with Crippen LogP contribution in [0.3, 0.4) is 0 Å². The Hall–Kier alpha value is -2.85. The van der Waals surface area contributed by atoms with Crippen molar-refractivity contribution < 1.29 is 9.36 Å². The van der Waals surface area contributed by atoms with Gasteiger partial charge in [-0.25, -0.2) is 4.57 Å². The summed E-state index contributed by atoms with van der Waals surface area (Å²) in [7, 11) is 0. The third-order valence-corrected chi connectivity index (χ3v) is 4.51. The van der Waals surface area contributed by atoms with Crippen LogP contribution in [0.5, 0.6) is 0 Å². The topological polar surface area (TPSA) is 33.8 Å². The van der Waals surface area contributed by atoms with Gasteiger partial charge in [0.15, 0.2) is 12.2 Å². The maximum Gasteiger partial charge on any atom is 0.287 e. The van der Waals surface area contributed by atoms with Gasteiger partial charge in [0.05, 0.1) is 6.20 Å². The average Bonchev–Trinajstić information content (AvgIpc) is 2.69. The monoisotopic (exact) mass is 419 g/mol. The number of fused-ring (bicyclic) bond motifs is 1. The number of benzene rings is 3. The maximum atomic E-state index is 12.6. The summed E-state index contributed by atoms with van der Waals surface area (Å²) >= 11 is 0. The first kappa shape index (κ1) is 18.9. The van der Waals surface area contributed by atoms with Crippen LogP contribution in [0.2, 0.25) is 0 Å². The SMILES string of the molecule is Br.Cc1ccc(-c2cc[n+](CC(=O)c3ccc4ccccc4c3)cn2)cc1. The Bertz CT molecular complexity index is 1070. The van der Waals surface area contributed by atoms with Crippen molar-refractivity contribution in [1.82, 2.24) is 4.98 Å². The van der Waals surface area contributed by atoms with Crippen molar-refractivity contribution in [2.24, 2.45) is 0 Å². The smallest absolute Gasteiger partial charge is 0.287 e. The van der Waals surface area contributed by atoms with Crippen LogP contribution in [0.4, 0.5) is 0 Å². The van der Waals surface area contributed by atoms with Gasteiger partial charge in [0, 0.05) is 17.2 Å². The quantitative estimate of drug-likeness (QED) is 0.346. The molecule has 0 amide bonds. The minimum Gasteiger partial charge on any atom is -0.290 e. The van der Waals surface area contributed by atoms with Crippen molar-refractivity contribution >= 4 is 33.5 Å². The van der Waals surface area contributed by atoms with Crippen LogP contribution in [0.15, 0.2) is 85.3 Å². The number of hydrogen-bond donors (Lipinski definition) is 0. The molecule has 0 saturated carbocycles. The van der Waals surface area contributed by atoms with Crippen LogP contribution < -0.4 is 4.57 Å². The summed E-state index contributed by atoms with van der Waals surface area (Å²) in [5.41, 5.74) is 3.92. The van der Waals surface area contributed by atoms with E-state index in [9.17, 15) is 4.79 Å². The molecule has 0 N–H and O–H groups in total. The third kappa shape index (κ3) is 4.29. The van der Waals surface area contributed by atoms with Crippen LogP contribution in [0, 0.1) is 6.92 Å². The molecule has 0 aliphatic carbocycles. The first-order valence-corrected chi connectivity index (χ1v) is 8.63. The number of hydrogen-bond acceptors (Lipinski definition) is 2. The number of Topliss-reactive ketones (excluding diaryl/α,β-unsaturated/α-hetero) is 1. The summed E-state index contributed by atoms with van der Waals surface area (Å²) in [5, 5.41) is 2.22. The molecule has 0 atom stereocenters. The average molecular weight is 420 g/mol. The van der Waals surface area contributed by atoms with Crippen molar-refractivity contribution in [3.63, 3.8) is 0 Å². The van der Waals surface area contributed by atoms with Crippen LogP contribution in [-0.2, 0) is 6.54 Å². The second-order valence-corrected chi connectivity index (χ2v) is 6.47. The van der Waals surface area contributed by atoms with E-state index in [-0.39, 0.29) is 29.3 Å². The van der Waals surface area contributed by atoms with Crippen molar-refractivity contribution in [3.05, 3.63) is 96.4 Å². The molecule has 3 nitrogen and oxygen atoms in total. The fourth-order valence-corrected chi connectivity index (χ4v) is 2.99. The molecule has 0 fully saturated rings. The molecule has 4 aromatic rings. The van der Waals surface area contributed by atoms with Gasteiger partial charge in [-0.05, 0) is 28.7 Å². The van der Waals surface area contributed by atoms with E-state index in [0.717, 1.165) is 27.6 Å². The zero-order valence-corrected chi connectivity index (χ0v) is 16.7. The Labute approximate surface area is 169 Å². The molecule has 0 saturated heterocycles. The molecule has 1 heterocycles. The largest absolute Gasteiger partial charge is 0.290 e. The highest BCUT2D eigenvalue weighted by Crippen LogP contribution is 2.17. The number of nitrogens with zero attached hydrogens (tertiary/aromatic N) is 2. The van der Waals surface area contributed by atoms with Gasteiger partial charge in [0.2, 0.25) is 5.78 Å². The summed E-state index contributed by atoms with van der Waals surface area (Å²) < 4.78 is 1.81. The molecular formula is C23H20BrN2O+. The summed E-state index contributed by atoms with van der Waals surface area (Å²) in [5.74, 6) is 0.0747. The lowest BCUT2D eigenvalue weighted by molar-refractivity contribution is -0.686. The molecule has 27 heavy (non-hydrogen) atoms. The minimum absolute atomic E-state index is 0. The lowest BCUT2D eigenvalue weighted by Crippen LogP contribution is -2.37. The number of ketones is 1. The second kappa shape index (κ2) is 8.23. The summed E-state index contributed by atoms with van der Waals surface area (Å²) in [6.07, 6.45) is 3.62. The highest BCUT2D eigenvalue weighted by atomic mass is 79.9. The van der Waals surface area contributed by atoms with Gasteiger partial charge in [0.25, 0.3) is 6.33 Å². The number of carbonyl (C=O) groups is 1. The van der Waals surface area contributed by atoms with Crippen LogP contribution in [0.1, 0.15) is 15.9 Å². The first-order chi connectivity index (χ1) is 12.7. The van der Waals surface area contributed by atoms with Gasteiger partial charge in [-0.1, -0.05) is 66.2 Å². The summed E-state index contributed by atoms with van der Waals surface area (Å²) in [4.78, 5) is 17.1. The Balaban J connectivity index is 0.00000210. The maximum absolute atomic E-state index is 12.6. The highest BCUT2D eigenvalue weighted by molar-refractivity contribution is 8.93. The van der Waals surface area contributed by atoms with Gasteiger partial charge in [-0.3, -0.25) is 4.79 Å². The molecule has 1 aromatic heterocycles. The van der Waals surface area contributed by atoms with E-state index in [0.29, 0.717) is 0 Å². The zero-order chi connectivity index (χ0) is 17.9. The minimum atomic E-state index is 0. The van der Waals surface area contributed by atoms with Crippen LogP contribution in [0.25, 0.3) is 22.0 Å². The zero-order valence-electron chi connectivity index (χ0n) is 15.0. The fourth-order valence-electron chi connectivity index (χ4n) is 2.99. The molecule has 0 unspecified atom stereocenters. The van der Waals surface area contributed by atoms with E-state index in [1.807, 2.05) is 59.3 Å². The molecule has 0 spiro atoms.